The highest BCUT2D eigenvalue weighted by Gasteiger charge is 2.57. The largest absolute Gasteiger partial charge is 0.459 e. The van der Waals surface area contributed by atoms with Crippen molar-refractivity contribution in [3.8, 4) is 101 Å². The highest BCUT2D eigenvalue weighted by Crippen LogP contribution is 2.59. The van der Waals surface area contributed by atoms with Crippen LogP contribution >= 0.6 is 0 Å². The van der Waals surface area contributed by atoms with E-state index in [4.69, 9.17) is 9.47 Å². The average molecular weight is 1830 g/mol. The number of nitrogens with zero attached hydrogens (tertiary/aromatic N) is 6. The Balaban J connectivity index is 0.881. The lowest BCUT2D eigenvalue weighted by atomic mass is 9.28. The molecule has 11 heteroatoms. The number of ether oxygens (including phenoxy) is 2. The molecule has 0 radical (unpaired) electrons. The van der Waals surface area contributed by atoms with Gasteiger partial charge in [-0.25, -0.2) is 0 Å². The van der Waals surface area contributed by atoms with Crippen molar-refractivity contribution >= 4 is 191 Å². The average Bonchev–Trinajstić information content (AvgIpc) is 1.37. The van der Waals surface area contributed by atoms with Crippen LogP contribution in [0, 0.1) is 0 Å². The summed E-state index contributed by atoms with van der Waals surface area (Å²) < 4.78 is 246. The third kappa shape index (κ3) is 10.4. The minimum Gasteiger partial charge on any atom is -0.459 e. The zero-order valence-electron chi connectivity index (χ0n) is 96.4. The number of rotatable bonds is 10. The van der Waals surface area contributed by atoms with Gasteiger partial charge in [-0.1, -0.05) is 384 Å². The zero-order valence-corrected chi connectivity index (χ0v) is 76.4. The van der Waals surface area contributed by atoms with Gasteiger partial charge in [0, 0.05) is 122 Å². The fourth-order valence-electron chi connectivity index (χ4n) is 25.1. The van der Waals surface area contributed by atoms with E-state index in [9.17, 15) is 27.4 Å². The van der Waals surface area contributed by atoms with Gasteiger partial charge in [-0.05, 0) is 189 Å². The Morgan fingerprint density at radius 2 is 0.613 bits per heavy atom. The smallest absolute Gasteiger partial charge is 0.261 e. The molecule has 7 aliphatic rings. The second kappa shape index (κ2) is 28.7. The highest BCUT2D eigenvalue weighted by atomic mass is 16.5. The van der Waals surface area contributed by atoms with Gasteiger partial charge in [-0.2, -0.15) is 0 Å². The summed E-state index contributed by atoms with van der Waals surface area (Å²) in [6.07, 6.45) is 0. The van der Waals surface area contributed by atoms with Crippen LogP contribution in [0.1, 0.15) is 64.9 Å². The number of hydrogen-bond acceptors (Lipinski definition) is 4. The van der Waals surface area contributed by atoms with E-state index in [1.807, 2.05) is 240 Å². The summed E-state index contributed by atoms with van der Waals surface area (Å²) in [5.41, 5.74) is 10.6. The molecule has 7 aliphatic heterocycles. The van der Waals surface area contributed by atoms with Crippen LogP contribution in [-0.2, 0) is 11.1 Å². The number of benzene rings is 21. The molecule has 11 heterocycles. The topological polar surface area (TPSA) is 44.7 Å². The van der Waals surface area contributed by atoms with E-state index >= 15 is 0 Å². The Kier molecular flexibility index (Phi) is 12.4. The molecule has 0 amide bonds. The standard InChI is InChI=1S/C131H83B3N6O2/c1-130(2,3)88-72-111-119-112(73-88)138(125-91(82-42-18-8-19-43-82)52-31-53-92(125)83-44-20-9-21-45-83)116-77-114-121-129-123(116)134(119)122-115(137(111)124-89(80-38-14-6-15-39-80)50-30-51-90(124)81-40-16-7-17-41-81)76-113-120-128(122)141-117-74-86(64-66-101(117)132(120)103-56-32-54-97-93-46-22-26-58-105(93)135(113)126(97)103)131(139-107-60-28-24-48-95(107)99-70-84(62-68-109(99)139)78-34-10-4-11-35-78,140-108-61-29-25-49-96(108)100-71-85(63-69-110(100)140)79-36-12-5-13-37-79)87-65-67-102(118(75-87)142-129)133(121)104-57-33-55-98-94-47-23-27-59-106(94)136(114)127(98)104/h4-77H,1-3H3/i22D,23D,26D,27D,32D,33D,46D,47D,54D,55D,56D,57D,58D,59D,64D,65D,66D,67D,74D,75D. The van der Waals surface area contributed by atoms with Gasteiger partial charge in [0.1, 0.15) is 23.0 Å². The van der Waals surface area contributed by atoms with Crippen molar-refractivity contribution in [3.05, 3.63) is 465 Å². The van der Waals surface area contributed by atoms with Crippen molar-refractivity contribution in [1.82, 2.24) is 18.3 Å². The second-order valence-corrected chi connectivity index (χ2v) is 39.1. The number of anilines is 6. The first-order chi connectivity index (χ1) is 78.5. The van der Waals surface area contributed by atoms with E-state index in [0.29, 0.717) is 105 Å². The van der Waals surface area contributed by atoms with Crippen molar-refractivity contribution < 1.29 is 36.9 Å². The minimum absolute atomic E-state index is 0.00719. The predicted octanol–water partition coefficient (Wildman–Crippen LogP) is 27.0. The molecule has 32 rings (SSSR count). The number of fused-ring (bicyclic) bond motifs is 20. The molecule has 25 aromatic rings. The second-order valence-electron chi connectivity index (χ2n) is 39.1. The molecule has 8 nitrogen and oxygen atoms in total. The van der Waals surface area contributed by atoms with Crippen LogP contribution in [0.4, 0.5) is 34.1 Å². The van der Waals surface area contributed by atoms with Crippen LogP contribution in [-0.4, -0.2) is 38.4 Å². The van der Waals surface area contributed by atoms with Crippen LogP contribution in [0.2, 0.25) is 0 Å². The molecule has 0 aliphatic carbocycles. The molecular formula is C131H83B3N6O2. The summed E-state index contributed by atoms with van der Waals surface area (Å²) in [5, 5.41) is 1.82. The number of hydrogen-bond donors (Lipinski definition) is 0. The van der Waals surface area contributed by atoms with Crippen molar-refractivity contribution in [2.24, 2.45) is 0 Å². The van der Waals surface area contributed by atoms with E-state index in [1.54, 1.807) is 9.13 Å². The Morgan fingerprint density at radius 3 is 1.01 bits per heavy atom. The van der Waals surface area contributed by atoms with Gasteiger partial charge in [0.15, 0.2) is 5.66 Å². The van der Waals surface area contributed by atoms with Gasteiger partial charge in [0.05, 0.1) is 71.9 Å². The van der Waals surface area contributed by atoms with Crippen LogP contribution in [0.25, 0.3) is 165 Å². The summed E-state index contributed by atoms with van der Waals surface area (Å²) in [6.45, 7) is 1.55. The molecule has 0 spiro atoms. The zero-order chi connectivity index (χ0) is 110. The summed E-state index contributed by atoms with van der Waals surface area (Å²) >= 11 is 0. The first-order valence-electron chi connectivity index (χ1n) is 58.1. The Bertz CT molecular complexity index is 10500. The molecule has 0 N–H and O–H groups in total. The number of para-hydroxylation sites is 8. The molecule has 0 fully saturated rings. The fourth-order valence-corrected chi connectivity index (χ4v) is 25.1. The molecule has 658 valence electrons. The molecule has 0 saturated carbocycles. The van der Waals surface area contributed by atoms with Crippen molar-refractivity contribution in [2.75, 3.05) is 9.80 Å². The van der Waals surface area contributed by atoms with Gasteiger partial charge in [-0.3, -0.25) is 0 Å². The molecule has 0 saturated heterocycles. The molecule has 142 heavy (non-hydrogen) atoms. The lowest BCUT2D eigenvalue weighted by Gasteiger charge is -2.49. The molecule has 0 unspecified atom stereocenters. The molecule has 21 aromatic carbocycles. The van der Waals surface area contributed by atoms with Crippen molar-refractivity contribution in [2.45, 2.75) is 31.8 Å². The fraction of sp³-hybridized carbons (Fsp3) is 0.0382. The Hall–Kier alpha value is -17.8. The van der Waals surface area contributed by atoms with Crippen LogP contribution in [0.3, 0.4) is 0 Å². The predicted molar refractivity (Wildman–Crippen MR) is 593 cm³/mol. The van der Waals surface area contributed by atoms with Gasteiger partial charge in [0.2, 0.25) is 0 Å². The third-order valence-corrected chi connectivity index (χ3v) is 30.9. The molecule has 4 aromatic heterocycles. The summed E-state index contributed by atoms with van der Waals surface area (Å²) in [5.74, 6) is -0.880. The highest BCUT2D eigenvalue weighted by molar-refractivity contribution is 7.05. The van der Waals surface area contributed by atoms with E-state index in [-0.39, 0.29) is 122 Å². The number of aromatic nitrogens is 4. The van der Waals surface area contributed by atoms with Gasteiger partial charge in [-0.15, -0.1) is 0 Å². The van der Waals surface area contributed by atoms with E-state index in [2.05, 4.69) is 128 Å². The lowest BCUT2D eigenvalue weighted by molar-refractivity contribution is 0.399. The monoisotopic (exact) mass is 1820 g/mol. The maximum Gasteiger partial charge on any atom is 0.261 e. The minimum atomic E-state index is -2.84. The summed E-state index contributed by atoms with van der Waals surface area (Å²) in [4.78, 5) is 4.50. The SMILES string of the molecule is [2H]c1c([2H])c2c([2H])c3c1B1c4c(cc5c(c4O3)B3c4c(cc(C(C)(C)C)cc4N(c4c(-c6ccccc6)cccc4-c4ccccc4)c4cc6c7c(c43)Oc3c([2H])c(c([2H])c([2H])c3B7c3c([2H])c([2H])c([2H])c4c7c([2H])c([2H])c([2H])c([2H])c7n-6c34)C2(n2c3ccccc3c3cc(-c4ccccc4)ccc32)n2c3ccccc3c3cc(-c4ccccc4)ccc32)N5c2c(-c3ccccc3)cccc2-c2ccccc2)-n2c3c([2H])c([2H])c([2H])c([2H])c3c3c([2H])c([2H])c([2H])c1c32. The van der Waals surface area contributed by atoms with Gasteiger partial charge >= 0.3 is 0 Å². The first-order valence-corrected chi connectivity index (χ1v) is 48.1. The summed E-state index contributed by atoms with van der Waals surface area (Å²) in [7, 11) is 0. The normalized spacial score (nSPS) is 15.8. The molecule has 6 bridgehead atoms. The van der Waals surface area contributed by atoms with Crippen LogP contribution in [0.5, 0.6) is 23.0 Å². The van der Waals surface area contributed by atoms with Gasteiger partial charge in [0.25, 0.3) is 20.1 Å². The Morgan fingerprint density at radius 1 is 0.261 bits per heavy atom. The van der Waals surface area contributed by atoms with Crippen molar-refractivity contribution in [3.63, 3.8) is 0 Å². The van der Waals surface area contributed by atoms with E-state index < -0.39 is 163 Å². The van der Waals surface area contributed by atoms with Gasteiger partial charge < -0.3 is 37.5 Å². The van der Waals surface area contributed by atoms with E-state index in [0.717, 1.165) is 50.1 Å². The van der Waals surface area contributed by atoms with Crippen LogP contribution < -0.4 is 68.4 Å². The molecule has 0 atom stereocenters. The van der Waals surface area contributed by atoms with Crippen molar-refractivity contribution in [1.29, 1.82) is 0 Å². The molecular weight excluding hydrogens is 1720 g/mol. The lowest BCUT2D eigenvalue weighted by Crippen LogP contribution is -2.67. The van der Waals surface area contributed by atoms with E-state index in [1.165, 1.54) is 0 Å². The van der Waals surface area contributed by atoms with Crippen LogP contribution in [0.15, 0.2) is 448 Å². The third-order valence-electron chi connectivity index (χ3n) is 30.9. The Labute approximate surface area is 849 Å². The first kappa shape index (κ1) is 61.4. The maximum absolute atomic E-state index is 12.9. The quantitative estimate of drug-likeness (QED) is 0.128. The maximum atomic E-state index is 12.9. The summed E-state index contributed by atoms with van der Waals surface area (Å²) in [6, 6.07) is 95.6.